The molecule has 1 amide bonds. The summed E-state index contributed by atoms with van der Waals surface area (Å²) in [6, 6.07) is 16.0. The van der Waals surface area contributed by atoms with Crippen LogP contribution in [-0.4, -0.2) is 72.8 Å². The molecule has 2 aliphatic rings. The van der Waals surface area contributed by atoms with Gasteiger partial charge in [-0.1, -0.05) is 12.1 Å². The van der Waals surface area contributed by atoms with Gasteiger partial charge in [0.1, 0.15) is 6.10 Å². The first-order valence-corrected chi connectivity index (χ1v) is 14.8. The van der Waals surface area contributed by atoms with Crippen LogP contribution < -0.4 is 10.1 Å². The standard InChI is InChI=1S/C29H29N5O5S/c1-34-10-9-23(17-34)39-28-4-2-3-24(33-28)25-8-7-20-15-30-22(14-26(20)32-25)16-31-29(35)19-5-6-21-18-38-11-12-40(36,37)27(21)13-19/h2-8,13-15,23H,9-12,16-18H2,1H3,(H,31,35)/t23-/m1/s1. The van der Waals surface area contributed by atoms with Crippen molar-refractivity contribution in [2.24, 2.45) is 0 Å². The van der Waals surface area contributed by atoms with Gasteiger partial charge in [0, 0.05) is 36.3 Å². The average Bonchev–Trinajstić information content (AvgIpc) is 3.30. The van der Waals surface area contributed by atoms with E-state index in [0.717, 1.165) is 30.4 Å². The number of carbonyl (C=O) groups excluding carboxylic acids is 1. The van der Waals surface area contributed by atoms with Crippen LogP contribution in [0, 0.1) is 0 Å². The Morgan fingerprint density at radius 1 is 1.12 bits per heavy atom. The molecule has 0 radical (unpaired) electrons. The molecule has 0 unspecified atom stereocenters. The van der Waals surface area contributed by atoms with E-state index < -0.39 is 9.84 Å². The third kappa shape index (κ3) is 5.67. The Balaban J connectivity index is 1.17. The minimum atomic E-state index is -3.50. The first-order valence-electron chi connectivity index (χ1n) is 13.1. The molecule has 1 atom stereocenters. The minimum absolute atomic E-state index is 0.105. The molecule has 3 aromatic heterocycles. The quantitative estimate of drug-likeness (QED) is 0.380. The maximum Gasteiger partial charge on any atom is 0.251 e. The van der Waals surface area contributed by atoms with Gasteiger partial charge < -0.3 is 19.7 Å². The van der Waals surface area contributed by atoms with Gasteiger partial charge in [0.2, 0.25) is 5.88 Å². The topological polar surface area (TPSA) is 124 Å². The zero-order valence-electron chi connectivity index (χ0n) is 22.0. The fourth-order valence-corrected chi connectivity index (χ4v) is 6.31. The van der Waals surface area contributed by atoms with E-state index in [-0.39, 0.29) is 48.0 Å². The van der Waals surface area contributed by atoms with Gasteiger partial charge in [-0.15, -0.1) is 0 Å². The van der Waals surface area contributed by atoms with Crippen LogP contribution in [0.2, 0.25) is 0 Å². The highest BCUT2D eigenvalue weighted by molar-refractivity contribution is 7.91. The lowest BCUT2D eigenvalue weighted by Gasteiger charge is -2.13. The first-order chi connectivity index (χ1) is 19.3. The number of amides is 1. The highest BCUT2D eigenvalue weighted by Gasteiger charge is 2.24. The molecule has 206 valence electrons. The summed E-state index contributed by atoms with van der Waals surface area (Å²) in [5, 5.41) is 3.69. The Bertz CT molecular complexity index is 1690. The molecule has 1 fully saturated rings. The number of ether oxygens (including phenoxy) is 2. The Kier molecular flexibility index (Phi) is 7.18. The summed E-state index contributed by atoms with van der Waals surface area (Å²) < 4.78 is 36.6. The number of rotatable bonds is 6. The molecule has 6 rings (SSSR count). The van der Waals surface area contributed by atoms with Crippen molar-refractivity contribution in [1.29, 1.82) is 0 Å². The number of likely N-dealkylation sites (tertiary alicyclic amines) is 1. The Labute approximate surface area is 232 Å². The molecule has 1 N–H and O–H groups in total. The molecule has 2 aliphatic heterocycles. The monoisotopic (exact) mass is 559 g/mol. The van der Waals surface area contributed by atoms with Gasteiger partial charge in [-0.25, -0.2) is 18.4 Å². The van der Waals surface area contributed by atoms with E-state index in [2.05, 4.69) is 27.2 Å². The highest BCUT2D eigenvalue weighted by atomic mass is 32.2. The number of hydrogen-bond acceptors (Lipinski definition) is 9. The number of sulfone groups is 1. The molecule has 11 heteroatoms. The normalized spacial score (nSPS) is 18.7. The average molecular weight is 560 g/mol. The minimum Gasteiger partial charge on any atom is -0.473 e. The highest BCUT2D eigenvalue weighted by Crippen LogP contribution is 2.25. The van der Waals surface area contributed by atoms with Crippen LogP contribution in [0.5, 0.6) is 5.88 Å². The Hall–Kier alpha value is -3.93. The van der Waals surface area contributed by atoms with Gasteiger partial charge in [-0.05, 0) is 55.4 Å². The lowest BCUT2D eigenvalue weighted by Crippen LogP contribution is -2.23. The van der Waals surface area contributed by atoms with Gasteiger partial charge >= 0.3 is 0 Å². The second-order valence-corrected chi connectivity index (χ2v) is 12.2. The predicted molar refractivity (Wildman–Crippen MR) is 149 cm³/mol. The van der Waals surface area contributed by atoms with Crippen LogP contribution in [0.4, 0.5) is 0 Å². The SMILES string of the molecule is CN1CC[C@@H](Oc2cccc(-c3ccc4cnc(CNC(=O)c5ccc6c(c5)S(=O)(=O)CCOC6)cc4n3)n2)C1. The van der Waals surface area contributed by atoms with Crippen molar-refractivity contribution >= 4 is 26.6 Å². The number of nitrogens with zero attached hydrogens (tertiary/aromatic N) is 4. The molecule has 0 aliphatic carbocycles. The van der Waals surface area contributed by atoms with Crippen LogP contribution in [0.1, 0.15) is 28.0 Å². The molecule has 0 saturated carbocycles. The Morgan fingerprint density at radius 3 is 2.85 bits per heavy atom. The fourth-order valence-electron chi connectivity index (χ4n) is 4.92. The molecule has 4 aromatic rings. The van der Waals surface area contributed by atoms with Crippen molar-refractivity contribution in [2.45, 2.75) is 30.6 Å². The molecule has 5 heterocycles. The zero-order valence-corrected chi connectivity index (χ0v) is 22.9. The van der Waals surface area contributed by atoms with Gasteiger partial charge in [0.25, 0.3) is 5.91 Å². The van der Waals surface area contributed by atoms with E-state index in [0.29, 0.717) is 28.5 Å². The van der Waals surface area contributed by atoms with Gasteiger partial charge in [-0.3, -0.25) is 9.78 Å². The molecule has 40 heavy (non-hydrogen) atoms. The Morgan fingerprint density at radius 2 is 2.00 bits per heavy atom. The summed E-state index contributed by atoms with van der Waals surface area (Å²) >= 11 is 0. The van der Waals surface area contributed by atoms with Gasteiger partial charge in [-0.2, -0.15) is 0 Å². The van der Waals surface area contributed by atoms with Crippen LogP contribution in [0.25, 0.3) is 22.3 Å². The molecule has 1 saturated heterocycles. The molecule has 10 nitrogen and oxygen atoms in total. The smallest absolute Gasteiger partial charge is 0.251 e. The summed E-state index contributed by atoms with van der Waals surface area (Å²) in [5.74, 6) is 0.0867. The largest absolute Gasteiger partial charge is 0.473 e. The second kappa shape index (κ2) is 10.9. The molecule has 0 spiro atoms. The lowest BCUT2D eigenvalue weighted by molar-refractivity contribution is 0.0950. The number of pyridine rings is 3. The molecular weight excluding hydrogens is 530 g/mol. The number of carbonyl (C=O) groups is 1. The van der Waals surface area contributed by atoms with Crippen molar-refractivity contribution in [3.8, 4) is 17.3 Å². The van der Waals surface area contributed by atoms with Gasteiger partial charge in [0.15, 0.2) is 9.84 Å². The first kappa shape index (κ1) is 26.3. The molecular formula is C29H29N5O5S. The van der Waals surface area contributed by atoms with Crippen LogP contribution in [0.15, 0.2) is 65.7 Å². The number of aromatic nitrogens is 3. The van der Waals surface area contributed by atoms with Crippen molar-refractivity contribution in [2.75, 3.05) is 32.5 Å². The van der Waals surface area contributed by atoms with Crippen molar-refractivity contribution in [3.05, 3.63) is 77.6 Å². The van der Waals surface area contributed by atoms with Crippen molar-refractivity contribution in [1.82, 2.24) is 25.2 Å². The number of hydrogen-bond donors (Lipinski definition) is 1. The third-order valence-corrected chi connectivity index (χ3v) is 8.85. The summed E-state index contributed by atoms with van der Waals surface area (Å²) in [6.45, 7) is 2.39. The summed E-state index contributed by atoms with van der Waals surface area (Å²) in [7, 11) is -1.42. The van der Waals surface area contributed by atoms with E-state index in [4.69, 9.17) is 14.5 Å². The summed E-state index contributed by atoms with van der Waals surface area (Å²) in [4.78, 5) is 29.2. The van der Waals surface area contributed by atoms with Gasteiger partial charge in [0.05, 0.1) is 53.0 Å². The molecule has 0 bridgehead atoms. The molecule has 1 aromatic carbocycles. The lowest BCUT2D eigenvalue weighted by atomic mass is 10.1. The summed E-state index contributed by atoms with van der Waals surface area (Å²) in [6.07, 6.45) is 2.82. The maximum atomic E-state index is 12.9. The summed E-state index contributed by atoms with van der Waals surface area (Å²) in [5.41, 5.74) is 3.58. The van der Waals surface area contributed by atoms with Crippen LogP contribution in [0.3, 0.4) is 0 Å². The van der Waals surface area contributed by atoms with E-state index in [1.807, 2.05) is 36.4 Å². The van der Waals surface area contributed by atoms with Crippen LogP contribution >= 0.6 is 0 Å². The number of likely N-dealkylation sites (N-methyl/N-ethyl adjacent to an activating group) is 1. The number of fused-ring (bicyclic) bond motifs is 2. The van der Waals surface area contributed by atoms with E-state index >= 15 is 0 Å². The van der Waals surface area contributed by atoms with E-state index in [1.54, 1.807) is 18.3 Å². The predicted octanol–water partition coefficient (Wildman–Crippen LogP) is 3.01. The van der Waals surface area contributed by atoms with Crippen molar-refractivity contribution < 1.29 is 22.7 Å². The second-order valence-electron chi connectivity index (χ2n) is 10.1. The maximum absolute atomic E-state index is 12.9. The van der Waals surface area contributed by atoms with E-state index in [1.165, 1.54) is 6.07 Å². The zero-order chi connectivity index (χ0) is 27.7. The fraction of sp³-hybridized carbons (Fsp3) is 0.310. The van der Waals surface area contributed by atoms with Crippen LogP contribution in [-0.2, 0) is 27.7 Å². The van der Waals surface area contributed by atoms with E-state index in [9.17, 15) is 13.2 Å². The number of benzene rings is 1. The third-order valence-electron chi connectivity index (χ3n) is 7.10. The number of nitrogens with one attached hydrogen (secondary N) is 1. The van der Waals surface area contributed by atoms with Crippen molar-refractivity contribution in [3.63, 3.8) is 0 Å².